The van der Waals surface area contributed by atoms with E-state index in [4.69, 9.17) is 9.47 Å². The smallest absolute Gasteiger partial charge is 0.323 e. The number of phenolic OH excluding ortho intramolecular Hbond substituents is 1. The molecular formula is C35H31N3O6S. The molecule has 228 valence electrons. The Morgan fingerprint density at radius 3 is 2.56 bits per heavy atom. The summed E-state index contributed by atoms with van der Waals surface area (Å²) in [4.78, 5) is 16.4. The summed E-state index contributed by atoms with van der Waals surface area (Å²) in [5.41, 5.74) is 5.07. The van der Waals surface area contributed by atoms with E-state index in [2.05, 4.69) is 10.3 Å². The molecule has 0 bridgehead atoms. The van der Waals surface area contributed by atoms with Crippen LogP contribution in [0.2, 0.25) is 0 Å². The van der Waals surface area contributed by atoms with Gasteiger partial charge in [-0.25, -0.2) is 12.4 Å². The molecule has 0 fully saturated rings. The number of nitrogens with one attached hydrogen (secondary N) is 2. The lowest BCUT2D eigenvalue weighted by molar-refractivity contribution is -0.143. The maximum atomic E-state index is 14.1. The predicted molar refractivity (Wildman–Crippen MR) is 171 cm³/mol. The minimum atomic E-state index is -4.04. The standard InChI is InChI=1S/C35H31N3O6S/c1-21-8-11-25(12-9-21)45(41,42)38-19-27(26-17-24(10-14-30(26)38)44-20-22-6-4-3-5-7-22)34-33-31(39)15-13-28-32(33)23(18-36-28)16-29(37-34)35(40)43-2/h3-15,17-19,29,34,36-37,39H,16,20H2,1-2H3. The molecule has 0 radical (unpaired) electrons. The van der Waals surface area contributed by atoms with Gasteiger partial charge in [-0.1, -0.05) is 48.0 Å². The molecular weight excluding hydrogens is 590 g/mol. The van der Waals surface area contributed by atoms with E-state index < -0.39 is 28.1 Å². The summed E-state index contributed by atoms with van der Waals surface area (Å²) >= 11 is 0. The number of aromatic hydroxyl groups is 1. The monoisotopic (exact) mass is 621 g/mol. The van der Waals surface area contributed by atoms with Crippen molar-refractivity contribution in [1.29, 1.82) is 0 Å². The predicted octanol–water partition coefficient (Wildman–Crippen LogP) is 5.73. The molecule has 2 atom stereocenters. The molecule has 1 aliphatic heterocycles. The highest BCUT2D eigenvalue weighted by Gasteiger charge is 2.35. The highest BCUT2D eigenvalue weighted by molar-refractivity contribution is 7.90. The maximum Gasteiger partial charge on any atom is 0.323 e. The van der Waals surface area contributed by atoms with Crippen LogP contribution in [0.5, 0.6) is 11.5 Å². The third kappa shape index (κ3) is 5.01. The van der Waals surface area contributed by atoms with Crippen LogP contribution in [0.25, 0.3) is 21.8 Å². The normalized spacial score (nSPS) is 16.5. The first-order valence-corrected chi connectivity index (χ1v) is 16.0. The number of nitrogens with zero attached hydrogens (tertiary/aromatic N) is 1. The van der Waals surface area contributed by atoms with Gasteiger partial charge in [-0.2, -0.15) is 0 Å². The van der Waals surface area contributed by atoms with Crippen LogP contribution >= 0.6 is 0 Å². The second kappa shape index (κ2) is 11.1. The molecule has 10 heteroatoms. The molecule has 9 nitrogen and oxygen atoms in total. The van der Waals surface area contributed by atoms with Gasteiger partial charge in [-0.05, 0) is 60.5 Å². The maximum absolute atomic E-state index is 14.1. The van der Waals surface area contributed by atoms with Crippen LogP contribution in [0.3, 0.4) is 0 Å². The number of carbonyl (C=O) groups is 1. The van der Waals surface area contributed by atoms with Crippen LogP contribution < -0.4 is 10.1 Å². The highest BCUT2D eigenvalue weighted by Crippen LogP contribution is 2.43. The van der Waals surface area contributed by atoms with Gasteiger partial charge >= 0.3 is 5.97 Å². The van der Waals surface area contributed by atoms with Crippen molar-refractivity contribution >= 4 is 37.8 Å². The lowest BCUT2D eigenvalue weighted by atomic mass is 9.94. The highest BCUT2D eigenvalue weighted by atomic mass is 32.2. The number of aromatic amines is 1. The van der Waals surface area contributed by atoms with E-state index in [0.29, 0.717) is 40.8 Å². The van der Waals surface area contributed by atoms with Crippen molar-refractivity contribution in [2.45, 2.75) is 36.9 Å². The molecule has 3 N–H and O–H groups in total. The number of ether oxygens (including phenoxy) is 2. The van der Waals surface area contributed by atoms with Gasteiger partial charge in [0.05, 0.1) is 23.6 Å². The van der Waals surface area contributed by atoms with E-state index in [1.165, 1.54) is 11.1 Å². The Labute approximate surface area is 260 Å². The number of aryl methyl sites for hydroxylation is 1. The number of esters is 1. The number of phenols is 1. The fourth-order valence-corrected chi connectivity index (χ4v) is 7.53. The minimum absolute atomic E-state index is 0.0186. The molecule has 45 heavy (non-hydrogen) atoms. The number of fused-ring (bicyclic) bond motifs is 1. The minimum Gasteiger partial charge on any atom is -0.508 e. The summed E-state index contributed by atoms with van der Waals surface area (Å²) in [6, 6.07) is 23.6. The Hall–Kier alpha value is -5.06. The lowest BCUT2D eigenvalue weighted by Gasteiger charge is -2.23. The molecule has 2 aromatic heterocycles. The zero-order valence-electron chi connectivity index (χ0n) is 24.7. The Morgan fingerprint density at radius 2 is 1.80 bits per heavy atom. The fraction of sp³-hybridized carbons (Fsp3) is 0.171. The second-order valence-corrected chi connectivity index (χ2v) is 13.1. The molecule has 0 spiro atoms. The van der Waals surface area contributed by atoms with E-state index in [0.717, 1.165) is 27.6 Å². The van der Waals surface area contributed by atoms with Gasteiger partial charge in [0.2, 0.25) is 0 Å². The van der Waals surface area contributed by atoms with E-state index in [9.17, 15) is 18.3 Å². The Kier molecular flexibility index (Phi) is 7.10. The van der Waals surface area contributed by atoms with Gasteiger partial charge in [0.15, 0.2) is 0 Å². The zero-order chi connectivity index (χ0) is 31.3. The summed E-state index contributed by atoms with van der Waals surface area (Å²) < 4.78 is 40.8. The third-order valence-corrected chi connectivity index (χ3v) is 10.1. The van der Waals surface area contributed by atoms with Crippen LogP contribution in [-0.4, -0.2) is 41.6 Å². The number of methoxy groups -OCH3 is 1. The van der Waals surface area contributed by atoms with Gasteiger partial charge in [0.1, 0.15) is 24.1 Å². The summed E-state index contributed by atoms with van der Waals surface area (Å²) in [6.07, 6.45) is 3.71. The number of hydrogen-bond donors (Lipinski definition) is 3. The molecule has 0 amide bonds. The molecule has 0 aliphatic carbocycles. The molecule has 6 aromatic rings. The number of rotatable bonds is 7. The molecule has 2 unspecified atom stereocenters. The number of aromatic nitrogens is 2. The molecule has 3 heterocycles. The fourth-order valence-electron chi connectivity index (χ4n) is 6.15. The zero-order valence-corrected chi connectivity index (χ0v) is 25.5. The molecule has 7 rings (SSSR count). The van der Waals surface area contributed by atoms with Crippen molar-refractivity contribution in [1.82, 2.24) is 14.3 Å². The van der Waals surface area contributed by atoms with Crippen LogP contribution in [-0.2, 0) is 32.6 Å². The lowest BCUT2D eigenvalue weighted by Crippen LogP contribution is -2.40. The van der Waals surface area contributed by atoms with Crippen molar-refractivity contribution in [2.24, 2.45) is 0 Å². The van der Waals surface area contributed by atoms with Crippen LogP contribution in [0.15, 0.2) is 102 Å². The summed E-state index contributed by atoms with van der Waals surface area (Å²) in [7, 11) is -2.70. The number of hydrogen-bond acceptors (Lipinski definition) is 7. The van der Waals surface area contributed by atoms with E-state index in [-0.39, 0.29) is 10.6 Å². The summed E-state index contributed by atoms with van der Waals surface area (Å²) in [5.74, 6) is 0.0932. The van der Waals surface area contributed by atoms with E-state index >= 15 is 0 Å². The second-order valence-electron chi connectivity index (χ2n) is 11.3. The van der Waals surface area contributed by atoms with Gasteiger partial charge in [-0.15, -0.1) is 0 Å². The van der Waals surface area contributed by atoms with E-state index in [1.807, 2.05) is 49.5 Å². The largest absolute Gasteiger partial charge is 0.508 e. The first kappa shape index (κ1) is 28.7. The summed E-state index contributed by atoms with van der Waals surface area (Å²) in [5, 5.41) is 16.1. The Morgan fingerprint density at radius 1 is 1.02 bits per heavy atom. The van der Waals surface area contributed by atoms with E-state index in [1.54, 1.807) is 54.7 Å². The van der Waals surface area contributed by atoms with Gasteiger partial charge in [0.25, 0.3) is 10.0 Å². The summed E-state index contributed by atoms with van der Waals surface area (Å²) in [6.45, 7) is 2.22. The SMILES string of the molecule is COC(=O)C1Cc2c[nH]c3ccc(O)c(c23)C(c2cn(S(=O)(=O)c3ccc(C)cc3)c3ccc(OCc4ccccc4)cc23)N1. The van der Waals surface area contributed by atoms with Gasteiger partial charge in [-0.3, -0.25) is 10.1 Å². The Bertz CT molecular complexity index is 2170. The van der Waals surface area contributed by atoms with Crippen LogP contribution in [0.4, 0.5) is 0 Å². The topological polar surface area (TPSA) is 123 Å². The molecule has 1 aliphatic rings. The average molecular weight is 622 g/mol. The quantitative estimate of drug-likeness (QED) is 0.195. The Balaban J connectivity index is 1.45. The van der Waals surface area contributed by atoms with Crippen molar-refractivity contribution in [3.05, 3.63) is 125 Å². The first-order chi connectivity index (χ1) is 21.7. The van der Waals surface area contributed by atoms with Crippen molar-refractivity contribution in [3.8, 4) is 11.5 Å². The average Bonchev–Trinajstić information content (AvgIpc) is 3.59. The number of benzene rings is 4. The van der Waals surface area contributed by atoms with Gasteiger partial charge < -0.3 is 19.6 Å². The number of H-pyrrole nitrogens is 1. The van der Waals surface area contributed by atoms with Crippen LogP contribution in [0, 0.1) is 6.92 Å². The first-order valence-electron chi connectivity index (χ1n) is 14.5. The van der Waals surface area contributed by atoms with Crippen molar-refractivity contribution in [3.63, 3.8) is 0 Å². The van der Waals surface area contributed by atoms with Gasteiger partial charge in [0, 0.05) is 46.2 Å². The molecule has 0 saturated heterocycles. The van der Waals surface area contributed by atoms with Crippen molar-refractivity contribution in [2.75, 3.05) is 7.11 Å². The van der Waals surface area contributed by atoms with Crippen molar-refractivity contribution < 1.29 is 27.8 Å². The van der Waals surface area contributed by atoms with Crippen LogP contribution in [0.1, 0.15) is 33.9 Å². The molecule has 0 saturated carbocycles. The molecule has 4 aromatic carbocycles. The number of carbonyl (C=O) groups excluding carboxylic acids is 1. The third-order valence-electron chi connectivity index (χ3n) is 8.42.